The molecule has 0 aromatic rings. The average Bonchev–Trinajstić information content (AvgIpc) is 2.72. The molecular weight excluding hydrogens is 224 g/mol. The van der Waals surface area contributed by atoms with Gasteiger partial charge >= 0.3 is 0 Å². The van der Waals surface area contributed by atoms with E-state index in [1.165, 1.54) is 12.8 Å². The number of sulfone groups is 1. The van der Waals surface area contributed by atoms with Crippen LogP contribution >= 0.6 is 0 Å². The van der Waals surface area contributed by atoms with Crippen molar-refractivity contribution in [1.82, 2.24) is 10.2 Å². The first-order chi connectivity index (χ1) is 7.40. The molecule has 0 saturated carbocycles. The molecule has 5 heteroatoms. The average molecular weight is 246 g/mol. The summed E-state index contributed by atoms with van der Waals surface area (Å²) < 4.78 is 22.8. The summed E-state index contributed by atoms with van der Waals surface area (Å²) in [7, 11) is -0.704. The minimum Gasteiger partial charge on any atom is -0.310 e. The van der Waals surface area contributed by atoms with Crippen molar-refractivity contribution in [2.75, 3.05) is 31.6 Å². The zero-order valence-corrected chi connectivity index (χ0v) is 11.0. The van der Waals surface area contributed by atoms with Crippen molar-refractivity contribution < 1.29 is 8.42 Å². The molecule has 2 rings (SSSR count). The highest BCUT2D eigenvalue weighted by Gasteiger charge is 2.35. The summed E-state index contributed by atoms with van der Waals surface area (Å²) >= 11 is 0. The van der Waals surface area contributed by atoms with Gasteiger partial charge in [-0.2, -0.15) is 0 Å². The first-order valence-electron chi connectivity index (χ1n) is 6.06. The van der Waals surface area contributed by atoms with E-state index in [1.807, 2.05) is 0 Å². The zero-order valence-electron chi connectivity index (χ0n) is 10.2. The van der Waals surface area contributed by atoms with E-state index in [4.69, 9.17) is 0 Å². The molecule has 2 heterocycles. The maximum absolute atomic E-state index is 11.4. The summed E-state index contributed by atoms with van der Waals surface area (Å²) in [4.78, 5) is 2.23. The number of nitrogens with one attached hydrogen (secondary N) is 1. The fourth-order valence-electron chi connectivity index (χ4n) is 2.89. The fourth-order valence-corrected chi connectivity index (χ4v) is 4.70. The van der Waals surface area contributed by atoms with E-state index >= 15 is 0 Å². The quantitative estimate of drug-likeness (QED) is 0.775. The van der Waals surface area contributed by atoms with Crippen molar-refractivity contribution in [2.24, 2.45) is 0 Å². The van der Waals surface area contributed by atoms with Gasteiger partial charge in [-0.25, -0.2) is 8.42 Å². The molecular formula is C11H22N2O2S. The highest BCUT2D eigenvalue weighted by molar-refractivity contribution is 7.91. The predicted octanol–water partition coefficient (Wildman–Crippen LogP) is 0.247. The second kappa shape index (κ2) is 4.27. The van der Waals surface area contributed by atoms with Gasteiger partial charge in [0.25, 0.3) is 0 Å². The Labute approximate surface area is 98.3 Å². The summed E-state index contributed by atoms with van der Waals surface area (Å²) in [5.41, 5.74) is 0.182. The minimum absolute atomic E-state index is 0.182. The Morgan fingerprint density at radius 3 is 2.75 bits per heavy atom. The smallest absolute Gasteiger partial charge is 0.151 e. The third-order valence-corrected chi connectivity index (χ3v) is 5.64. The molecule has 2 atom stereocenters. The van der Waals surface area contributed by atoms with Crippen LogP contribution in [0.25, 0.3) is 0 Å². The molecule has 94 valence electrons. The van der Waals surface area contributed by atoms with Crippen molar-refractivity contribution in [2.45, 2.75) is 37.8 Å². The van der Waals surface area contributed by atoms with Gasteiger partial charge in [-0.1, -0.05) is 0 Å². The van der Waals surface area contributed by atoms with Gasteiger partial charge in [0.2, 0.25) is 0 Å². The number of hydrogen-bond donors (Lipinski definition) is 1. The molecule has 0 amide bonds. The Kier molecular flexibility index (Phi) is 3.29. The molecule has 1 N–H and O–H groups in total. The maximum Gasteiger partial charge on any atom is 0.151 e. The fraction of sp³-hybridized carbons (Fsp3) is 1.00. The molecule has 2 unspecified atom stereocenters. The summed E-state index contributed by atoms with van der Waals surface area (Å²) in [6, 6.07) is 0.226. The van der Waals surface area contributed by atoms with Crippen LogP contribution in [0, 0.1) is 0 Å². The lowest BCUT2D eigenvalue weighted by Gasteiger charge is -2.33. The molecule has 0 radical (unpaired) electrons. The van der Waals surface area contributed by atoms with Gasteiger partial charge in [-0.05, 0) is 39.8 Å². The molecule has 0 bridgehead atoms. The topological polar surface area (TPSA) is 49.4 Å². The van der Waals surface area contributed by atoms with Crippen molar-refractivity contribution in [1.29, 1.82) is 0 Å². The second-order valence-corrected chi connectivity index (χ2v) is 7.79. The van der Waals surface area contributed by atoms with E-state index in [-0.39, 0.29) is 11.6 Å². The summed E-state index contributed by atoms with van der Waals surface area (Å²) in [6.45, 7) is 4.28. The normalized spacial score (nSPS) is 38.3. The van der Waals surface area contributed by atoms with Gasteiger partial charge in [0.1, 0.15) is 0 Å². The highest BCUT2D eigenvalue weighted by Crippen LogP contribution is 2.23. The number of rotatable bonds is 3. The third kappa shape index (κ3) is 2.76. The molecule has 4 nitrogen and oxygen atoms in total. The van der Waals surface area contributed by atoms with Gasteiger partial charge in [0, 0.05) is 18.1 Å². The predicted molar refractivity (Wildman–Crippen MR) is 65.3 cm³/mol. The maximum atomic E-state index is 11.4. The van der Waals surface area contributed by atoms with Crippen LogP contribution in [0.1, 0.15) is 26.2 Å². The number of nitrogens with zero attached hydrogens (tertiary/aromatic N) is 1. The highest BCUT2D eigenvalue weighted by atomic mass is 32.2. The molecule has 2 saturated heterocycles. The van der Waals surface area contributed by atoms with E-state index in [1.54, 1.807) is 0 Å². The van der Waals surface area contributed by atoms with E-state index in [9.17, 15) is 8.42 Å². The Balaban J connectivity index is 1.91. The molecule has 2 aliphatic heterocycles. The lowest BCUT2D eigenvalue weighted by atomic mass is 9.99. The summed E-state index contributed by atoms with van der Waals surface area (Å²) in [5, 5.41) is 3.52. The summed E-state index contributed by atoms with van der Waals surface area (Å²) in [6.07, 6.45) is 3.22. The van der Waals surface area contributed by atoms with Crippen LogP contribution in [0.2, 0.25) is 0 Å². The van der Waals surface area contributed by atoms with E-state index in [2.05, 4.69) is 24.2 Å². The second-order valence-electron chi connectivity index (χ2n) is 5.56. The third-order valence-electron chi connectivity index (χ3n) is 3.89. The van der Waals surface area contributed by atoms with Crippen LogP contribution < -0.4 is 5.32 Å². The molecule has 2 aliphatic rings. The Hall–Kier alpha value is -0.130. The van der Waals surface area contributed by atoms with Crippen LogP contribution in [0.4, 0.5) is 0 Å². The number of likely N-dealkylation sites (N-methyl/N-ethyl adjacent to an activating group) is 1. The van der Waals surface area contributed by atoms with Crippen LogP contribution in [0.15, 0.2) is 0 Å². The molecule has 0 aromatic heterocycles. The standard InChI is InChI=1S/C11H22N2O2S/c1-11(5-3-6-12-11)9-13(2)10-4-7-16(14,15)8-10/h10,12H,3-9H2,1-2H3. The minimum atomic E-state index is -2.76. The Bertz CT molecular complexity index is 347. The SMILES string of the molecule is CN(CC1(C)CCCN1)C1CCS(=O)(=O)C1. The first-order valence-corrected chi connectivity index (χ1v) is 7.88. The van der Waals surface area contributed by atoms with Crippen molar-refractivity contribution in [3.63, 3.8) is 0 Å². The van der Waals surface area contributed by atoms with Gasteiger partial charge < -0.3 is 10.2 Å². The van der Waals surface area contributed by atoms with Gasteiger partial charge in [0.05, 0.1) is 11.5 Å². The molecule has 2 fully saturated rings. The Morgan fingerprint density at radius 2 is 2.25 bits per heavy atom. The molecule has 16 heavy (non-hydrogen) atoms. The van der Waals surface area contributed by atoms with Gasteiger partial charge in [0.15, 0.2) is 9.84 Å². The number of hydrogen-bond acceptors (Lipinski definition) is 4. The zero-order chi connectivity index (χ0) is 11.8. The van der Waals surface area contributed by atoms with E-state index < -0.39 is 9.84 Å². The van der Waals surface area contributed by atoms with Crippen molar-refractivity contribution >= 4 is 9.84 Å². The van der Waals surface area contributed by atoms with Gasteiger partial charge in [-0.3, -0.25) is 0 Å². The van der Waals surface area contributed by atoms with Crippen LogP contribution in [-0.2, 0) is 9.84 Å². The molecule has 0 aliphatic carbocycles. The van der Waals surface area contributed by atoms with Crippen molar-refractivity contribution in [3.05, 3.63) is 0 Å². The summed E-state index contributed by atoms with van der Waals surface area (Å²) in [5.74, 6) is 0.714. The lowest BCUT2D eigenvalue weighted by molar-refractivity contribution is 0.196. The lowest BCUT2D eigenvalue weighted by Crippen LogP contribution is -2.49. The van der Waals surface area contributed by atoms with E-state index in [0.29, 0.717) is 11.5 Å². The largest absolute Gasteiger partial charge is 0.310 e. The Morgan fingerprint density at radius 1 is 1.50 bits per heavy atom. The van der Waals surface area contributed by atoms with E-state index in [0.717, 1.165) is 19.5 Å². The van der Waals surface area contributed by atoms with Gasteiger partial charge in [-0.15, -0.1) is 0 Å². The van der Waals surface area contributed by atoms with Crippen LogP contribution in [0.5, 0.6) is 0 Å². The van der Waals surface area contributed by atoms with Crippen LogP contribution in [-0.4, -0.2) is 56.5 Å². The molecule has 0 aromatic carbocycles. The van der Waals surface area contributed by atoms with Crippen molar-refractivity contribution in [3.8, 4) is 0 Å². The van der Waals surface area contributed by atoms with Crippen LogP contribution in [0.3, 0.4) is 0 Å². The monoisotopic (exact) mass is 246 g/mol. The molecule has 0 spiro atoms. The first kappa shape index (κ1) is 12.3.